The fraction of sp³-hybridized carbons (Fsp3) is 0.100. The van der Waals surface area contributed by atoms with E-state index in [0.29, 0.717) is 26.8 Å². The molecule has 0 saturated carbocycles. The second-order valence-electron chi connectivity index (χ2n) is 5.89. The zero-order valence-corrected chi connectivity index (χ0v) is 17.1. The Kier molecular flexibility index (Phi) is 6.76. The van der Waals surface area contributed by atoms with Crippen molar-refractivity contribution in [1.82, 2.24) is 5.32 Å². The highest BCUT2D eigenvalue weighted by molar-refractivity contribution is 8.18. The van der Waals surface area contributed by atoms with Crippen molar-refractivity contribution in [1.29, 1.82) is 0 Å². The van der Waals surface area contributed by atoms with Gasteiger partial charge < -0.3 is 19.9 Å². The maximum atomic E-state index is 12.2. The van der Waals surface area contributed by atoms with Gasteiger partial charge in [-0.15, -0.1) is 0 Å². The minimum absolute atomic E-state index is 0.166. The number of carboxylic acids is 1. The maximum Gasteiger partial charge on any atom is 0.341 e. The van der Waals surface area contributed by atoms with Crippen molar-refractivity contribution >= 4 is 52.4 Å². The molecular formula is C20H15ClN2O6S. The first-order chi connectivity index (χ1) is 14.4. The monoisotopic (exact) mass is 446 g/mol. The van der Waals surface area contributed by atoms with E-state index in [-0.39, 0.29) is 10.9 Å². The number of ether oxygens (including phenoxy) is 2. The highest BCUT2D eigenvalue weighted by Gasteiger charge is 2.25. The van der Waals surface area contributed by atoms with E-state index in [2.05, 4.69) is 10.3 Å². The molecule has 0 atom stereocenters. The van der Waals surface area contributed by atoms with Gasteiger partial charge >= 0.3 is 5.97 Å². The third-order valence-electron chi connectivity index (χ3n) is 3.78. The maximum absolute atomic E-state index is 12.2. The molecular weight excluding hydrogens is 432 g/mol. The van der Waals surface area contributed by atoms with Gasteiger partial charge in [0.1, 0.15) is 0 Å². The summed E-state index contributed by atoms with van der Waals surface area (Å²) in [6.45, 7) is -0.503. The van der Waals surface area contributed by atoms with Crippen LogP contribution in [0.5, 0.6) is 11.5 Å². The van der Waals surface area contributed by atoms with Crippen LogP contribution in [0.15, 0.2) is 52.4 Å². The lowest BCUT2D eigenvalue weighted by molar-refractivity contribution is -0.139. The second-order valence-corrected chi connectivity index (χ2v) is 7.35. The number of hydrogen-bond acceptors (Lipinski definition) is 6. The van der Waals surface area contributed by atoms with E-state index in [4.69, 9.17) is 26.2 Å². The van der Waals surface area contributed by atoms with Gasteiger partial charge in [-0.1, -0.05) is 17.7 Å². The first-order valence-electron chi connectivity index (χ1n) is 8.48. The SMILES string of the molecule is COc1cc(/C=C2\SC(=NC(=O)c3ccc(Cl)cc3)NC2=O)ccc1OCC(=O)O. The molecule has 0 bridgehead atoms. The van der Waals surface area contributed by atoms with Gasteiger partial charge in [0.15, 0.2) is 23.3 Å². The van der Waals surface area contributed by atoms with Crippen molar-refractivity contribution in [2.24, 2.45) is 4.99 Å². The summed E-state index contributed by atoms with van der Waals surface area (Å²) in [5, 5.41) is 11.9. The topological polar surface area (TPSA) is 114 Å². The summed E-state index contributed by atoms with van der Waals surface area (Å²) in [5.74, 6) is -1.42. The van der Waals surface area contributed by atoms with Gasteiger partial charge in [-0.25, -0.2) is 4.79 Å². The number of amidine groups is 1. The minimum atomic E-state index is -1.11. The Balaban J connectivity index is 1.76. The first-order valence-corrected chi connectivity index (χ1v) is 9.67. The molecule has 1 aliphatic heterocycles. The van der Waals surface area contributed by atoms with E-state index in [0.717, 1.165) is 11.8 Å². The van der Waals surface area contributed by atoms with Crippen LogP contribution in [0, 0.1) is 0 Å². The molecule has 8 nitrogen and oxygen atoms in total. The highest BCUT2D eigenvalue weighted by Crippen LogP contribution is 2.31. The summed E-state index contributed by atoms with van der Waals surface area (Å²) < 4.78 is 10.4. The number of carboxylic acid groups (broad SMARTS) is 1. The molecule has 1 fully saturated rings. The largest absolute Gasteiger partial charge is 0.493 e. The Morgan fingerprint density at radius 3 is 2.60 bits per heavy atom. The van der Waals surface area contributed by atoms with Gasteiger partial charge in [0.2, 0.25) is 0 Å². The lowest BCUT2D eigenvalue weighted by Gasteiger charge is -2.09. The Morgan fingerprint density at radius 1 is 1.20 bits per heavy atom. The molecule has 0 radical (unpaired) electrons. The Hall–Kier alpha value is -3.30. The average Bonchev–Trinajstić information content (AvgIpc) is 3.05. The van der Waals surface area contributed by atoms with E-state index in [1.807, 2.05) is 0 Å². The Morgan fingerprint density at radius 2 is 1.93 bits per heavy atom. The van der Waals surface area contributed by atoms with Gasteiger partial charge in [-0.3, -0.25) is 9.59 Å². The van der Waals surface area contributed by atoms with Crippen LogP contribution >= 0.6 is 23.4 Å². The molecule has 2 amide bonds. The van der Waals surface area contributed by atoms with Gasteiger partial charge in [0, 0.05) is 10.6 Å². The summed E-state index contributed by atoms with van der Waals surface area (Å²) in [6.07, 6.45) is 1.60. The standard InChI is InChI=1S/C20H15ClN2O6S/c1-28-15-8-11(2-7-14(15)29-10-17(24)25)9-16-19(27)23-20(30-16)22-18(26)12-3-5-13(21)6-4-12/h2-9H,10H2,1H3,(H,24,25)(H,22,23,26,27)/b16-9-. The number of hydrogen-bond donors (Lipinski definition) is 2. The molecule has 154 valence electrons. The zero-order valence-electron chi connectivity index (χ0n) is 15.5. The third kappa shape index (κ3) is 5.40. The van der Waals surface area contributed by atoms with Gasteiger partial charge in [-0.05, 0) is 59.8 Å². The van der Waals surface area contributed by atoms with Crippen LogP contribution in [0.2, 0.25) is 5.02 Å². The number of amides is 2. The first kappa shape index (κ1) is 21.4. The number of carbonyl (C=O) groups is 3. The number of aliphatic imine (C=N–C) groups is 1. The number of methoxy groups -OCH3 is 1. The fourth-order valence-corrected chi connectivity index (χ4v) is 3.36. The number of benzene rings is 2. The van der Waals surface area contributed by atoms with Gasteiger partial charge in [0.05, 0.1) is 12.0 Å². The molecule has 2 aromatic rings. The molecule has 1 aliphatic rings. The summed E-state index contributed by atoms with van der Waals surface area (Å²) >= 11 is 6.83. The number of aliphatic carboxylic acids is 1. The number of halogens is 1. The van der Waals surface area contributed by atoms with Crippen molar-refractivity contribution < 1.29 is 29.0 Å². The molecule has 1 saturated heterocycles. The number of carbonyl (C=O) groups excluding carboxylic acids is 2. The normalized spacial score (nSPS) is 15.9. The van der Waals surface area contributed by atoms with Crippen LogP contribution in [0.1, 0.15) is 15.9 Å². The van der Waals surface area contributed by atoms with Crippen LogP contribution < -0.4 is 14.8 Å². The van der Waals surface area contributed by atoms with E-state index in [9.17, 15) is 14.4 Å². The van der Waals surface area contributed by atoms with Crippen molar-refractivity contribution in [3.8, 4) is 11.5 Å². The van der Waals surface area contributed by atoms with E-state index >= 15 is 0 Å². The van der Waals surface area contributed by atoms with E-state index < -0.39 is 24.4 Å². The van der Waals surface area contributed by atoms with Crippen LogP contribution in [-0.2, 0) is 9.59 Å². The molecule has 30 heavy (non-hydrogen) atoms. The molecule has 0 aliphatic carbocycles. The molecule has 0 unspecified atom stereocenters. The quantitative estimate of drug-likeness (QED) is 0.655. The number of nitrogens with zero attached hydrogens (tertiary/aromatic N) is 1. The second kappa shape index (κ2) is 9.47. The van der Waals surface area contributed by atoms with Crippen LogP contribution in [0.4, 0.5) is 0 Å². The van der Waals surface area contributed by atoms with Gasteiger partial charge in [0.25, 0.3) is 11.8 Å². The van der Waals surface area contributed by atoms with Gasteiger partial charge in [-0.2, -0.15) is 4.99 Å². The van der Waals surface area contributed by atoms with Crippen LogP contribution in [0.25, 0.3) is 6.08 Å². The summed E-state index contributed by atoms with van der Waals surface area (Å²) in [7, 11) is 1.42. The van der Waals surface area contributed by atoms with Crippen molar-refractivity contribution in [2.45, 2.75) is 0 Å². The van der Waals surface area contributed by atoms with Crippen LogP contribution in [-0.4, -0.2) is 41.8 Å². The minimum Gasteiger partial charge on any atom is -0.493 e. The molecule has 3 rings (SSSR count). The average molecular weight is 447 g/mol. The van der Waals surface area contributed by atoms with Crippen molar-refractivity contribution in [2.75, 3.05) is 13.7 Å². The third-order valence-corrected chi connectivity index (χ3v) is 4.94. The highest BCUT2D eigenvalue weighted by atomic mass is 35.5. The molecule has 0 spiro atoms. The van der Waals surface area contributed by atoms with E-state index in [1.165, 1.54) is 7.11 Å². The fourth-order valence-electron chi connectivity index (χ4n) is 2.41. The molecule has 2 aromatic carbocycles. The lowest BCUT2D eigenvalue weighted by Crippen LogP contribution is -2.20. The lowest BCUT2D eigenvalue weighted by atomic mass is 10.2. The van der Waals surface area contributed by atoms with Crippen molar-refractivity contribution in [3.63, 3.8) is 0 Å². The summed E-state index contributed by atoms with van der Waals surface area (Å²) in [5.41, 5.74) is 0.971. The molecule has 10 heteroatoms. The predicted octanol–water partition coefficient (Wildman–Crippen LogP) is 3.21. The number of nitrogens with one attached hydrogen (secondary N) is 1. The van der Waals surface area contributed by atoms with E-state index in [1.54, 1.807) is 48.5 Å². The van der Waals surface area contributed by atoms with Crippen molar-refractivity contribution in [3.05, 3.63) is 63.5 Å². The zero-order chi connectivity index (χ0) is 21.7. The molecule has 1 heterocycles. The number of rotatable bonds is 6. The predicted molar refractivity (Wildman–Crippen MR) is 113 cm³/mol. The number of thioether (sulfide) groups is 1. The molecule has 0 aromatic heterocycles. The molecule has 2 N–H and O–H groups in total. The summed E-state index contributed by atoms with van der Waals surface area (Å²) in [6, 6.07) is 11.1. The van der Waals surface area contributed by atoms with Crippen LogP contribution in [0.3, 0.4) is 0 Å². The smallest absolute Gasteiger partial charge is 0.341 e. The Bertz CT molecular complexity index is 1070. The summed E-state index contributed by atoms with van der Waals surface area (Å²) in [4.78, 5) is 39.4. The Labute approximate surface area is 180 Å².